The highest BCUT2D eigenvalue weighted by molar-refractivity contribution is 5.68. The van der Waals surface area contributed by atoms with E-state index in [2.05, 4.69) is 27.4 Å². The van der Waals surface area contributed by atoms with Crippen LogP contribution in [0.25, 0.3) is 11.4 Å². The molecule has 0 atom stereocenters. The maximum atomic E-state index is 6.19. The van der Waals surface area contributed by atoms with E-state index < -0.39 is 0 Å². The van der Waals surface area contributed by atoms with Crippen molar-refractivity contribution in [3.8, 4) is 23.7 Å². The number of terminal acetylenes is 1. The van der Waals surface area contributed by atoms with Crippen LogP contribution in [-0.2, 0) is 19.5 Å². The summed E-state index contributed by atoms with van der Waals surface area (Å²) in [5.41, 5.74) is 7.91. The van der Waals surface area contributed by atoms with Crippen LogP contribution in [0.4, 0.5) is 5.82 Å². The maximum Gasteiger partial charge on any atom is 0.134 e. The molecule has 0 aliphatic carbocycles. The SMILES string of the molecule is C#CCn1c(CC)nc(-c2cncn2CCC)c1N. The summed E-state index contributed by atoms with van der Waals surface area (Å²) in [6.07, 6.45) is 10.8. The molecule has 2 aromatic heterocycles. The second kappa shape index (κ2) is 5.61. The summed E-state index contributed by atoms with van der Waals surface area (Å²) in [5.74, 6) is 4.15. The van der Waals surface area contributed by atoms with E-state index in [9.17, 15) is 0 Å². The average molecular weight is 257 g/mol. The number of aryl methyl sites for hydroxylation is 2. The molecule has 2 rings (SSSR count). The van der Waals surface area contributed by atoms with Gasteiger partial charge in [0.05, 0.1) is 24.8 Å². The average Bonchev–Trinajstić information content (AvgIpc) is 2.97. The van der Waals surface area contributed by atoms with Crippen LogP contribution in [0.2, 0.25) is 0 Å². The molecule has 100 valence electrons. The van der Waals surface area contributed by atoms with E-state index in [0.717, 1.165) is 36.6 Å². The van der Waals surface area contributed by atoms with Gasteiger partial charge in [0.25, 0.3) is 0 Å². The quantitative estimate of drug-likeness (QED) is 0.833. The molecule has 0 unspecified atom stereocenters. The van der Waals surface area contributed by atoms with E-state index in [1.54, 1.807) is 6.20 Å². The molecule has 2 heterocycles. The van der Waals surface area contributed by atoms with Gasteiger partial charge < -0.3 is 14.9 Å². The van der Waals surface area contributed by atoms with Crippen molar-refractivity contribution in [1.29, 1.82) is 0 Å². The van der Waals surface area contributed by atoms with Crippen molar-refractivity contribution in [2.75, 3.05) is 5.73 Å². The van der Waals surface area contributed by atoms with E-state index in [-0.39, 0.29) is 0 Å². The molecule has 0 saturated heterocycles. The Kier molecular flexibility index (Phi) is 3.91. The Labute approximate surface area is 113 Å². The fourth-order valence-corrected chi connectivity index (χ4v) is 2.18. The maximum absolute atomic E-state index is 6.19. The lowest BCUT2D eigenvalue weighted by molar-refractivity contribution is 0.683. The minimum absolute atomic E-state index is 0.448. The van der Waals surface area contributed by atoms with Gasteiger partial charge in [-0.05, 0) is 6.42 Å². The van der Waals surface area contributed by atoms with Crippen LogP contribution in [-0.4, -0.2) is 19.1 Å². The number of anilines is 1. The first kappa shape index (κ1) is 13.2. The van der Waals surface area contributed by atoms with Crippen molar-refractivity contribution in [1.82, 2.24) is 19.1 Å². The number of rotatable bonds is 5. The minimum atomic E-state index is 0.448. The van der Waals surface area contributed by atoms with Gasteiger partial charge in [-0.25, -0.2) is 9.97 Å². The highest BCUT2D eigenvalue weighted by atomic mass is 15.2. The molecular formula is C14H19N5. The van der Waals surface area contributed by atoms with Crippen molar-refractivity contribution in [3.05, 3.63) is 18.3 Å². The van der Waals surface area contributed by atoms with Crippen LogP contribution in [0.15, 0.2) is 12.5 Å². The van der Waals surface area contributed by atoms with Crippen molar-refractivity contribution in [2.24, 2.45) is 0 Å². The Hall–Kier alpha value is -2.22. The monoisotopic (exact) mass is 257 g/mol. The first-order chi connectivity index (χ1) is 9.22. The first-order valence-electron chi connectivity index (χ1n) is 6.51. The van der Waals surface area contributed by atoms with Crippen molar-refractivity contribution >= 4 is 5.82 Å². The molecule has 0 spiro atoms. The summed E-state index contributed by atoms with van der Waals surface area (Å²) in [4.78, 5) is 8.80. The molecule has 0 saturated carbocycles. The zero-order valence-corrected chi connectivity index (χ0v) is 11.4. The van der Waals surface area contributed by atoms with Crippen molar-refractivity contribution in [3.63, 3.8) is 0 Å². The number of nitrogens with two attached hydrogens (primary N) is 1. The van der Waals surface area contributed by atoms with E-state index in [1.165, 1.54) is 0 Å². The number of nitrogens with zero attached hydrogens (tertiary/aromatic N) is 4. The zero-order valence-electron chi connectivity index (χ0n) is 11.4. The van der Waals surface area contributed by atoms with Crippen LogP contribution in [0.5, 0.6) is 0 Å². The molecule has 0 bridgehead atoms. The number of hydrogen-bond donors (Lipinski definition) is 1. The van der Waals surface area contributed by atoms with Crippen molar-refractivity contribution in [2.45, 2.75) is 39.8 Å². The van der Waals surface area contributed by atoms with E-state index in [1.807, 2.05) is 17.8 Å². The minimum Gasteiger partial charge on any atom is -0.383 e. The molecule has 5 heteroatoms. The Morgan fingerprint density at radius 1 is 1.42 bits per heavy atom. The van der Waals surface area contributed by atoms with Gasteiger partial charge in [-0.2, -0.15) is 0 Å². The van der Waals surface area contributed by atoms with E-state index in [0.29, 0.717) is 12.4 Å². The topological polar surface area (TPSA) is 61.7 Å². The van der Waals surface area contributed by atoms with Gasteiger partial charge in [0.1, 0.15) is 17.3 Å². The number of nitrogen functional groups attached to an aromatic ring is 1. The normalized spacial score (nSPS) is 10.6. The second-order valence-electron chi connectivity index (χ2n) is 4.38. The Balaban J connectivity index is 2.51. The second-order valence-corrected chi connectivity index (χ2v) is 4.38. The number of hydrogen-bond acceptors (Lipinski definition) is 3. The lowest BCUT2D eigenvalue weighted by Crippen LogP contribution is -2.06. The molecule has 2 aromatic rings. The molecule has 0 aliphatic rings. The third-order valence-corrected chi connectivity index (χ3v) is 3.07. The molecule has 0 aliphatic heterocycles. The van der Waals surface area contributed by atoms with Crippen molar-refractivity contribution < 1.29 is 0 Å². The molecule has 2 N–H and O–H groups in total. The van der Waals surface area contributed by atoms with Gasteiger partial charge in [-0.3, -0.25) is 0 Å². The predicted octanol–water partition coefficient (Wildman–Crippen LogP) is 1.93. The Morgan fingerprint density at radius 2 is 2.21 bits per heavy atom. The van der Waals surface area contributed by atoms with Gasteiger partial charge >= 0.3 is 0 Å². The molecule has 0 fully saturated rings. The Morgan fingerprint density at radius 3 is 2.84 bits per heavy atom. The smallest absolute Gasteiger partial charge is 0.134 e. The zero-order chi connectivity index (χ0) is 13.8. The standard InChI is InChI=1S/C14H19N5/c1-4-7-18-10-16-9-11(18)13-14(15)19(8-5-2)12(6-3)17-13/h2,9-10H,4,6-8,15H2,1,3H3. The summed E-state index contributed by atoms with van der Waals surface area (Å²) in [6.45, 7) is 5.52. The molecule has 0 radical (unpaired) electrons. The summed E-state index contributed by atoms with van der Waals surface area (Å²) >= 11 is 0. The van der Waals surface area contributed by atoms with Gasteiger partial charge in [-0.15, -0.1) is 6.42 Å². The van der Waals surface area contributed by atoms with Gasteiger partial charge in [0, 0.05) is 13.0 Å². The highest BCUT2D eigenvalue weighted by Gasteiger charge is 2.17. The fourth-order valence-electron chi connectivity index (χ4n) is 2.18. The molecular weight excluding hydrogens is 238 g/mol. The summed E-state index contributed by atoms with van der Waals surface area (Å²) in [6, 6.07) is 0. The summed E-state index contributed by atoms with van der Waals surface area (Å²) in [5, 5.41) is 0. The Bertz CT molecular complexity index is 600. The summed E-state index contributed by atoms with van der Waals surface area (Å²) in [7, 11) is 0. The molecule has 0 amide bonds. The molecule has 5 nitrogen and oxygen atoms in total. The van der Waals surface area contributed by atoms with Crippen LogP contribution in [0.1, 0.15) is 26.1 Å². The fraction of sp³-hybridized carbons (Fsp3) is 0.429. The van der Waals surface area contributed by atoms with Crippen LogP contribution < -0.4 is 5.73 Å². The van der Waals surface area contributed by atoms with Gasteiger partial charge in [0.2, 0.25) is 0 Å². The summed E-state index contributed by atoms with van der Waals surface area (Å²) < 4.78 is 3.96. The van der Waals surface area contributed by atoms with E-state index >= 15 is 0 Å². The number of aromatic nitrogens is 4. The molecule has 19 heavy (non-hydrogen) atoms. The lowest BCUT2D eigenvalue weighted by Gasteiger charge is -2.06. The van der Waals surface area contributed by atoms with Crippen LogP contribution in [0, 0.1) is 12.3 Å². The van der Waals surface area contributed by atoms with Crippen LogP contribution in [0.3, 0.4) is 0 Å². The highest BCUT2D eigenvalue weighted by Crippen LogP contribution is 2.26. The van der Waals surface area contributed by atoms with Crippen LogP contribution >= 0.6 is 0 Å². The lowest BCUT2D eigenvalue weighted by atomic mass is 10.3. The third kappa shape index (κ3) is 2.34. The van der Waals surface area contributed by atoms with E-state index in [4.69, 9.17) is 12.2 Å². The molecule has 0 aromatic carbocycles. The van der Waals surface area contributed by atoms with Gasteiger partial charge in [-0.1, -0.05) is 19.8 Å². The first-order valence-corrected chi connectivity index (χ1v) is 6.51. The third-order valence-electron chi connectivity index (χ3n) is 3.07. The number of imidazole rings is 2. The predicted molar refractivity (Wildman–Crippen MR) is 76.4 cm³/mol. The largest absolute Gasteiger partial charge is 0.383 e. The van der Waals surface area contributed by atoms with Gasteiger partial charge in [0.15, 0.2) is 0 Å².